The molecule has 2 N–H and O–H groups in total. The number of sulfone groups is 1. The molecule has 1 aromatic heterocycles. The Hall–Kier alpha value is -2.79. The van der Waals surface area contributed by atoms with E-state index < -0.39 is 39.3 Å². The van der Waals surface area contributed by atoms with Crippen LogP contribution in [0, 0.1) is 19.7 Å². The van der Waals surface area contributed by atoms with Gasteiger partial charge in [0.15, 0.2) is 9.84 Å². The fourth-order valence-corrected chi connectivity index (χ4v) is 4.46. The standard InChI is InChI=1S/C17H17FN2O6S2/c1-9-10(2)27-16(14(9)15(22)20-17(23)26-3)19-13(21)8-28(24,25)12-6-4-11(18)5-7-12/h4-7H,8H2,1-3H3,(H,19,21)(H,20,22,23). The SMILES string of the molecule is COC(=O)NC(=O)c1c(NC(=O)CS(=O)(=O)c2ccc(F)cc2)sc(C)c1C. The number of benzene rings is 1. The third-order valence-electron chi connectivity index (χ3n) is 3.76. The van der Waals surface area contributed by atoms with Gasteiger partial charge in [0.1, 0.15) is 16.6 Å². The van der Waals surface area contributed by atoms with Crippen LogP contribution < -0.4 is 10.6 Å². The zero-order valence-corrected chi connectivity index (χ0v) is 16.8. The highest BCUT2D eigenvalue weighted by molar-refractivity contribution is 7.92. The minimum atomic E-state index is -4.00. The summed E-state index contributed by atoms with van der Waals surface area (Å²) in [6.07, 6.45) is -0.968. The van der Waals surface area contributed by atoms with Crippen LogP contribution >= 0.6 is 11.3 Å². The molecule has 8 nitrogen and oxygen atoms in total. The number of carbonyl (C=O) groups is 3. The molecule has 1 aromatic carbocycles. The van der Waals surface area contributed by atoms with Gasteiger partial charge in [-0.1, -0.05) is 0 Å². The first-order valence-corrected chi connectivity index (χ1v) is 10.3. The van der Waals surface area contributed by atoms with E-state index in [2.05, 4.69) is 10.1 Å². The number of anilines is 1. The summed E-state index contributed by atoms with van der Waals surface area (Å²) in [4.78, 5) is 36.3. The molecule has 0 radical (unpaired) electrons. The quantitative estimate of drug-likeness (QED) is 0.706. The number of alkyl carbamates (subject to hydrolysis) is 1. The summed E-state index contributed by atoms with van der Waals surface area (Å²) in [5.74, 6) is -3.16. The number of hydrogen-bond acceptors (Lipinski definition) is 7. The van der Waals surface area contributed by atoms with Gasteiger partial charge in [-0.3, -0.25) is 14.9 Å². The van der Waals surface area contributed by atoms with E-state index in [0.29, 0.717) is 10.4 Å². The van der Waals surface area contributed by atoms with E-state index in [0.717, 1.165) is 42.7 Å². The van der Waals surface area contributed by atoms with Crippen molar-refractivity contribution in [3.8, 4) is 0 Å². The Labute approximate surface area is 164 Å². The van der Waals surface area contributed by atoms with Gasteiger partial charge in [0.25, 0.3) is 5.91 Å². The van der Waals surface area contributed by atoms with Crippen molar-refractivity contribution >= 4 is 44.1 Å². The summed E-state index contributed by atoms with van der Waals surface area (Å²) in [5.41, 5.74) is 0.573. The number of nitrogens with one attached hydrogen (secondary N) is 2. The lowest BCUT2D eigenvalue weighted by atomic mass is 10.1. The number of halogens is 1. The Balaban J connectivity index is 2.22. The van der Waals surface area contributed by atoms with Crippen LogP contribution in [0.3, 0.4) is 0 Å². The summed E-state index contributed by atoms with van der Waals surface area (Å²) in [6.45, 7) is 3.34. The van der Waals surface area contributed by atoms with Crippen LogP contribution in [-0.4, -0.2) is 39.2 Å². The Morgan fingerprint density at radius 2 is 1.75 bits per heavy atom. The molecule has 0 saturated heterocycles. The van der Waals surface area contributed by atoms with Gasteiger partial charge in [-0.05, 0) is 43.7 Å². The van der Waals surface area contributed by atoms with E-state index in [9.17, 15) is 27.2 Å². The van der Waals surface area contributed by atoms with Crippen molar-refractivity contribution in [2.45, 2.75) is 18.7 Å². The van der Waals surface area contributed by atoms with E-state index in [1.54, 1.807) is 13.8 Å². The van der Waals surface area contributed by atoms with Gasteiger partial charge in [0.05, 0.1) is 17.6 Å². The smallest absolute Gasteiger partial charge is 0.413 e. The molecule has 0 aliphatic carbocycles. The fraction of sp³-hybridized carbons (Fsp3) is 0.235. The Morgan fingerprint density at radius 1 is 1.14 bits per heavy atom. The topological polar surface area (TPSA) is 119 Å². The van der Waals surface area contributed by atoms with Crippen molar-refractivity contribution in [2.24, 2.45) is 0 Å². The molecular weight excluding hydrogens is 411 g/mol. The second-order valence-electron chi connectivity index (χ2n) is 5.69. The van der Waals surface area contributed by atoms with E-state index in [4.69, 9.17) is 0 Å². The molecule has 150 valence electrons. The maximum Gasteiger partial charge on any atom is 0.413 e. The highest BCUT2D eigenvalue weighted by Crippen LogP contribution is 2.32. The van der Waals surface area contributed by atoms with Gasteiger partial charge in [0, 0.05) is 4.88 Å². The van der Waals surface area contributed by atoms with Gasteiger partial charge in [-0.25, -0.2) is 17.6 Å². The number of aryl methyl sites for hydroxylation is 1. The molecular formula is C17H17FN2O6S2. The minimum absolute atomic E-state index is 0.0421. The van der Waals surface area contributed by atoms with Gasteiger partial charge in [-0.2, -0.15) is 0 Å². The van der Waals surface area contributed by atoms with Crippen LogP contribution in [0.2, 0.25) is 0 Å². The van der Waals surface area contributed by atoms with Crippen LogP contribution in [0.15, 0.2) is 29.2 Å². The third-order valence-corrected chi connectivity index (χ3v) is 6.52. The molecule has 2 rings (SSSR count). The Kier molecular flexibility index (Phi) is 6.52. The molecule has 0 bridgehead atoms. The highest BCUT2D eigenvalue weighted by Gasteiger charge is 2.25. The average molecular weight is 428 g/mol. The summed E-state index contributed by atoms with van der Waals surface area (Å²) in [7, 11) is -2.91. The van der Waals surface area contributed by atoms with Crippen molar-refractivity contribution in [3.63, 3.8) is 0 Å². The number of thiophene rings is 1. The normalized spacial score (nSPS) is 11.0. The van der Waals surface area contributed by atoms with Crippen molar-refractivity contribution < 1.29 is 31.9 Å². The molecule has 0 spiro atoms. The fourth-order valence-electron chi connectivity index (χ4n) is 2.26. The zero-order chi connectivity index (χ0) is 21.1. The molecule has 1 heterocycles. The van der Waals surface area contributed by atoms with Crippen molar-refractivity contribution in [2.75, 3.05) is 18.2 Å². The molecule has 0 atom stereocenters. The van der Waals surface area contributed by atoms with Gasteiger partial charge in [-0.15, -0.1) is 11.3 Å². The Bertz CT molecular complexity index is 1030. The lowest BCUT2D eigenvalue weighted by Crippen LogP contribution is -2.31. The highest BCUT2D eigenvalue weighted by atomic mass is 32.2. The molecule has 0 aliphatic heterocycles. The summed E-state index contributed by atoms with van der Waals surface area (Å²) >= 11 is 1.07. The van der Waals surface area contributed by atoms with Gasteiger partial charge >= 0.3 is 6.09 Å². The third kappa shape index (κ3) is 4.93. The molecule has 28 heavy (non-hydrogen) atoms. The predicted molar refractivity (Wildman–Crippen MR) is 101 cm³/mol. The molecule has 3 amide bonds. The lowest BCUT2D eigenvalue weighted by molar-refractivity contribution is -0.113. The number of hydrogen-bond donors (Lipinski definition) is 2. The summed E-state index contributed by atoms with van der Waals surface area (Å²) in [5, 5.41) is 4.50. The van der Waals surface area contributed by atoms with E-state index in [-0.39, 0.29) is 15.5 Å². The number of carbonyl (C=O) groups excluding carboxylic acids is 3. The number of methoxy groups -OCH3 is 1. The Morgan fingerprint density at radius 3 is 2.32 bits per heavy atom. The van der Waals surface area contributed by atoms with Crippen molar-refractivity contribution in [1.29, 1.82) is 0 Å². The first-order valence-electron chi connectivity index (χ1n) is 7.82. The first-order chi connectivity index (χ1) is 13.0. The maximum absolute atomic E-state index is 13.0. The number of amides is 3. The second-order valence-corrected chi connectivity index (χ2v) is 8.91. The van der Waals surface area contributed by atoms with Crippen LogP contribution in [0.5, 0.6) is 0 Å². The van der Waals surface area contributed by atoms with Crippen LogP contribution in [0.1, 0.15) is 20.8 Å². The number of imide groups is 1. The maximum atomic E-state index is 13.0. The molecule has 0 saturated carbocycles. The average Bonchev–Trinajstić information content (AvgIpc) is 2.88. The molecule has 0 unspecified atom stereocenters. The molecule has 0 fully saturated rings. The first kappa shape index (κ1) is 21.5. The molecule has 2 aromatic rings. The summed E-state index contributed by atoms with van der Waals surface area (Å²) < 4.78 is 41.9. The number of ether oxygens (including phenoxy) is 1. The van der Waals surface area contributed by atoms with Crippen LogP contribution in [-0.2, 0) is 19.4 Å². The predicted octanol–water partition coefficient (Wildman–Crippen LogP) is 2.41. The van der Waals surface area contributed by atoms with E-state index in [1.165, 1.54) is 0 Å². The minimum Gasteiger partial charge on any atom is -0.453 e. The zero-order valence-electron chi connectivity index (χ0n) is 15.2. The monoisotopic (exact) mass is 428 g/mol. The van der Waals surface area contributed by atoms with Crippen LogP contribution in [0.25, 0.3) is 0 Å². The lowest BCUT2D eigenvalue weighted by Gasteiger charge is -2.08. The van der Waals surface area contributed by atoms with Crippen molar-refractivity contribution in [1.82, 2.24) is 5.32 Å². The number of rotatable bonds is 5. The molecule has 11 heteroatoms. The molecule has 0 aliphatic rings. The largest absolute Gasteiger partial charge is 0.453 e. The van der Waals surface area contributed by atoms with E-state index >= 15 is 0 Å². The van der Waals surface area contributed by atoms with Gasteiger partial charge in [0.2, 0.25) is 5.91 Å². The van der Waals surface area contributed by atoms with Crippen LogP contribution in [0.4, 0.5) is 14.2 Å². The summed E-state index contributed by atoms with van der Waals surface area (Å²) in [6, 6.07) is 4.08. The second kappa shape index (κ2) is 8.48. The van der Waals surface area contributed by atoms with Crippen molar-refractivity contribution in [3.05, 3.63) is 46.1 Å². The van der Waals surface area contributed by atoms with E-state index in [1.807, 2.05) is 5.32 Å². The van der Waals surface area contributed by atoms with Gasteiger partial charge < -0.3 is 10.1 Å².